The quantitative estimate of drug-likeness (QED) is 0.525. The lowest BCUT2D eigenvalue weighted by Gasteiger charge is -2.42. The molecule has 2 unspecified atom stereocenters. The predicted molar refractivity (Wildman–Crippen MR) is 116 cm³/mol. The molecule has 0 N–H and O–H groups in total. The van der Waals surface area contributed by atoms with Gasteiger partial charge in [-0.3, -0.25) is 4.79 Å². The third-order valence-corrected chi connectivity index (χ3v) is 6.86. The van der Waals surface area contributed by atoms with Crippen molar-refractivity contribution in [2.45, 2.75) is 24.3 Å². The van der Waals surface area contributed by atoms with Crippen LogP contribution in [0.3, 0.4) is 0 Å². The smallest absolute Gasteiger partial charge is 0.241 e. The average molecular weight is 436 g/mol. The minimum atomic E-state index is -0.935. The van der Waals surface area contributed by atoms with Crippen molar-refractivity contribution in [3.8, 4) is 5.75 Å². The molecule has 1 amide bonds. The number of nitrogens with zero attached hydrogens (tertiary/aromatic N) is 2. The molecule has 0 saturated heterocycles. The van der Waals surface area contributed by atoms with E-state index in [1.165, 1.54) is 23.7 Å². The summed E-state index contributed by atoms with van der Waals surface area (Å²) in [6, 6.07) is 20.4. The van der Waals surface area contributed by atoms with E-state index >= 15 is 0 Å². The molecule has 2 heterocycles. The second kappa shape index (κ2) is 7.50. The van der Waals surface area contributed by atoms with Crippen molar-refractivity contribution in [3.05, 3.63) is 101 Å². The van der Waals surface area contributed by atoms with E-state index in [-0.39, 0.29) is 22.6 Å². The van der Waals surface area contributed by atoms with Crippen LogP contribution >= 0.6 is 11.8 Å². The molecule has 156 valence electrons. The molecule has 2 aliphatic rings. The van der Waals surface area contributed by atoms with Gasteiger partial charge in [-0.1, -0.05) is 60.3 Å². The summed E-state index contributed by atoms with van der Waals surface area (Å²) in [5, 5.41) is 6.11. The number of hydrogen-bond acceptors (Lipinski definition) is 4. The Labute approximate surface area is 182 Å². The minimum absolute atomic E-state index is 0.0355. The largest absolute Gasteiger partial charge is 0.485 e. The number of hydrazone groups is 1. The summed E-state index contributed by atoms with van der Waals surface area (Å²) in [5.41, 5.74) is 1.78. The normalized spacial score (nSPS) is 22.1. The molecule has 3 aromatic rings. The van der Waals surface area contributed by atoms with Crippen molar-refractivity contribution in [2.24, 2.45) is 5.10 Å². The highest BCUT2D eigenvalue weighted by atomic mass is 32.2. The molecule has 0 bridgehead atoms. The van der Waals surface area contributed by atoms with Crippen LogP contribution in [0.1, 0.15) is 36.1 Å². The summed E-state index contributed by atoms with van der Waals surface area (Å²) in [7, 11) is 0. The van der Waals surface area contributed by atoms with E-state index in [9.17, 15) is 13.6 Å². The van der Waals surface area contributed by atoms with Gasteiger partial charge >= 0.3 is 0 Å². The molecule has 5 rings (SSSR count). The van der Waals surface area contributed by atoms with E-state index in [0.29, 0.717) is 12.2 Å². The van der Waals surface area contributed by atoms with E-state index in [0.717, 1.165) is 29.3 Å². The van der Waals surface area contributed by atoms with Crippen LogP contribution in [0.2, 0.25) is 0 Å². The monoisotopic (exact) mass is 436 g/mol. The van der Waals surface area contributed by atoms with Crippen molar-refractivity contribution in [2.75, 3.05) is 0 Å². The van der Waals surface area contributed by atoms with Gasteiger partial charge < -0.3 is 4.74 Å². The van der Waals surface area contributed by atoms with Crippen LogP contribution in [0.5, 0.6) is 5.75 Å². The molecule has 0 radical (unpaired) electrons. The van der Waals surface area contributed by atoms with Crippen LogP contribution in [-0.2, 0) is 9.67 Å². The van der Waals surface area contributed by atoms with Crippen molar-refractivity contribution in [1.82, 2.24) is 5.01 Å². The molecule has 2 atom stereocenters. The first-order valence-corrected chi connectivity index (χ1v) is 10.6. The first-order valence-electron chi connectivity index (χ1n) is 9.83. The SMILES string of the molecule is CC(=O)N1N=C(c2cc(F)ccc2F)SC12CC(c1ccccc1)Oc1ccccc12. The van der Waals surface area contributed by atoms with Gasteiger partial charge in [0.15, 0.2) is 0 Å². The molecular formula is C24H18F2N2O2S. The molecule has 3 aromatic carbocycles. The highest BCUT2D eigenvalue weighted by Crippen LogP contribution is 2.57. The fourth-order valence-corrected chi connectivity index (χ4v) is 5.57. The number of carbonyl (C=O) groups is 1. The van der Waals surface area contributed by atoms with Crippen LogP contribution in [0.25, 0.3) is 0 Å². The van der Waals surface area contributed by atoms with Crippen LogP contribution in [0.4, 0.5) is 8.78 Å². The van der Waals surface area contributed by atoms with Crippen LogP contribution in [-0.4, -0.2) is 16.0 Å². The summed E-state index contributed by atoms with van der Waals surface area (Å²) in [4.78, 5) is 11.8. The van der Waals surface area contributed by atoms with Gasteiger partial charge in [0, 0.05) is 24.5 Å². The second-order valence-corrected chi connectivity index (χ2v) is 8.73. The Balaban J connectivity index is 1.65. The molecule has 7 heteroatoms. The number of amides is 1. The number of hydrogen-bond donors (Lipinski definition) is 0. The minimum Gasteiger partial charge on any atom is -0.485 e. The van der Waals surface area contributed by atoms with Gasteiger partial charge in [-0.25, -0.2) is 13.8 Å². The van der Waals surface area contributed by atoms with Gasteiger partial charge in [0.05, 0.1) is 0 Å². The Bertz CT molecular complexity index is 1200. The molecule has 31 heavy (non-hydrogen) atoms. The predicted octanol–water partition coefficient (Wildman–Crippen LogP) is 5.60. The summed E-state index contributed by atoms with van der Waals surface area (Å²) in [6.45, 7) is 1.42. The summed E-state index contributed by atoms with van der Waals surface area (Å²) in [6.07, 6.45) is 0.0692. The third kappa shape index (κ3) is 3.29. The molecule has 1 spiro atoms. The Morgan fingerprint density at radius 2 is 1.84 bits per heavy atom. The van der Waals surface area contributed by atoms with Crippen molar-refractivity contribution >= 4 is 22.7 Å². The van der Waals surface area contributed by atoms with Crippen LogP contribution in [0, 0.1) is 11.6 Å². The van der Waals surface area contributed by atoms with Gasteiger partial charge in [-0.05, 0) is 29.8 Å². The molecule has 0 aromatic heterocycles. The van der Waals surface area contributed by atoms with E-state index in [1.807, 2.05) is 54.6 Å². The Hall–Kier alpha value is -3.19. The zero-order chi connectivity index (χ0) is 21.6. The molecule has 0 aliphatic carbocycles. The number of rotatable bonds is 2. The van der Waals surface area contributed by atoms with Gasteiger partial charge in [-0.15, -0.1) is 0 Å². The Kier molecular flexibility index (Phi) is 4.78. The van der Waals surface area contributed by atoms with E-state index in [4.69, 9.17) is 4.74 Å². The lowest BCUT2D eigenvalue weighted by atomic mass is 9.91. The maximum absolute atomic E-state index is 14.6. The number of benzene rings is 3. The zero-order valence-corrected chi connectivity index (χ0v) is 17.4. The number of ether oxygens (including phenoxy) is 1. The summed E-state index contributed by atoms with van der Waals surface area (Å²) >= 11 is 1.26. The highest BCUT2D eigenvalue weighted by molar-refractivity contribution is 8.15. The van der Waals surface area contributed by atoms with Crippen LogP contribution < -0.4 is 4.74 Å². The third-order valence-electron chi connectivity index (χ3n) is 5.47. The van der Waals surface area contributed by atoms with Gasteiger partial charge in [0.2, 0.25) is 5.91 Å². The zero-order valence-electron chi connectivity index (χ0n) is 16.6. The van der Waals surface area contributed by atoms with Crippen molar-refractivity contribution < 1.29 is 18.3 Å². The first-order chi connectivity index (χ1) is 15.0. The molecule has 0 saturated carbocycles. The van der Waals surface area contributed by atoms with Crippen molar-refractivity contribution in [1.29, 1.82) is 0 Å². The number of para-hydroxylation sites is 1. The molecular weight excluding hydrogens is 418 g/mol. The van der Waals surface area contributed by atoms with Gasteiger partial charge in [0.1, 0.15) is 33.4 Å². The Morgan fingerprint density at radius 3 is 2.61 bits per heavy atom. The number of halogens is 2. The first kappa shape index (κ1) is 19.8. The number of fused-ring (bicyclic) bond motifs is 2. The molecule has 0 fully saturated rings. The topological polar surface area (TPSA) is 41.9 Å². The second-order valence-electron chi connectivity index (χ2n) is 7.46. The lowest BCUT2D eigenvalue weighted by Crippen LogP contribution is -2.44. The lowest BCUT2D eigenvalue weighted by molar-refractivity contribution is -0.133. The van der Waals surface area contributed by atoms with Gasteiger partial charge in [0.25, 0.3) is 0 Å². The highest BCUT2D eigenvalue weighted by Gasteiger charge is 2.53. The summed E-state index contributed by atoms with van der Waals surface area (Å²) < 4.78 is 34.7. The summed E-state index contributed by atoms with van der Waals surface area (Å²) in [5.74, 6) is -0.807. The van der Waals surface area contributed by atoms with E-state index < -0.39 is 16.5 Å². The fourth-order valence-electron chi connectivity index (χ4n) is 4.09. The average Bonchev–Trinajstić information content (AvgIpc) is 3.16. The maximum Gasteiger partial charge on any atom is 0.241 e. The molecule has 4 nitrogen and oxygen atoms in total. The number of carbonyl (C=O) groups excluding carboxylic acids is 1. The van der Waals surface area contributed by atoms with E-state index in [2.05, 4.69) is 5.10 Å². The van der Waals surface area contributed by atoms with Crippen LogP contribution in [0.15, 0.2) is 77.9 Å². The maximum atomic E-state index is 14.6. The standard InChI is InChI=1S/C24H18F2N2O2S/c1-15(29)28-24(31-23(27-28)18-13-17(25)11-12-20(18)26)14-22(16-7-3-2-4-8-16)30-21-10-6-5-9-19(21)24/h2-13,22H,14H2,1H3. The van der Waals surface area contributed by atoms with Gasteiger partial charge in [-0.2, -0.15) is 5.10 Å². The Morgan fingerprint density at radius 1 is 1.10 bits per heavy atom. The molecule has 2 aliphatic heterocycles. The van der Waals surface area contributed by atoms with E-state index in [1.54, 1.807) is 0 Å². The fraction of sp³-hybridized carbons (Fsp3) is 0.167. The number of thioether (sulfide) groups is 1. The van der Waals surface area contributed by atoms with Crippen molar-refractivity contribution in [3.63, 3.8) is 0 Å².